The number of ether oxygens (including phenoxy) is 4. The quantitative estimate of drug-likeness (QED) is 0.149. The van der Waals surface area contributed by atoms with Crippen LogP contribution in [0.5, 0.6) is 0 Å². The first-order valence-corrected chi connectivity index (χ1v) is 13.3. The van der Waals surface area contributed by atoms with Crippen molar-refractivity contribution in [2.24, 2.45) is 22.4 Å². The van der Waals surface area contributed by atoms with Crippen LogP contribution >= 0.6 is 0 Å². The number of rotatable bonds is 8. The van der Waals surface area contributed by atoms with Crippen molar-refractivity contribution in [3.63, 3.8) is 0 Å². The molecule has 2 heterocycles. The van der Waals surface area contributed by atoms with Gasteiger partial charge >= 0.3 is 0 Å². The highest BCUT2D eigenvalue weighted by atomic mass is 16.7. The van der Waals surface area contributed by atoms with Crippen LogP contribution in [0.4, 0.5) is 0 Å². The van der Waals surface area contributed by atoms with Crippen LogP contribution in [0.15, 0.2) is 4.99 Å². The third-order valence-corrected chi connectivity index (χ3v) is 7.84. The molecule has 6 unspecified atom stereocenters. The lowest BCUT2D eigenvalue weighted by Gasteiger charge is -2.48. The van der Waals surface area contributed by atoms with Crippen LogP contribution in [0.3, 0.4) is 0 Å². The second kappa shape index (κ2) is 12.1. The third kappa shape index (κ3) is 6.99. The summed E-state index contributed by atoms with van der Waals surface area (Å²) in [6, 6.07) is -1.72. The van der Waals surface area contributed by atoms with Gasteiger partial charge in [-0.3, -0.25) is 4.99 Å². The van der Waals surface area contributed by atoms with E-state index in [0.717, 1.165) is 19.3 Å². The summed E-state index contributed by atoms with van der Waals surface area (Å²) >= 11 is 0. The van der Waals surface area contributed by atoms with Gasteiger partial charge in [0, 0.05) is 0 Å². The van der Waals surface area contributed by atoms with Gasteiger partial charge in [-0.1, -0.05) is 13.8 Å². The summed E-state index contributed by atoms with van der Waals surface area (Å²) in [7, 11) is 1.62. The summed E-state index contributed by atoms with van der Waals surface area (Å²) in [6.07, 6.45) is -3.08. The smallest absolute Gasteiger partial charge is 0.185 e. The molecule has 2 saturated heterocycles. The minimum Gasteiger partial charge on any atom is -0.388 e. The van der Waals surface area contributed by atoms with E-state index in [1.54, 1.807) is 14.0 Å². The van der Waals surface area contributed by atoms with Gasteiger partial charge in [-0.15, -0.1) is 0 Å². The van der Waals surface area contributed by atoms with Crippen LogP contribution in [0, 0.1) is 5.92 Å². The number of aliphatic hydroxyl groups is 4. The Morgan fingerprint density at radius 1 is 1.16 bits per heavy atom. The Bertz CT molecular complexity index is 778. The number of aliphatic imine (C=N–C) groups is 1. The van der Waals surface area contributed by atoms with Gasteiger partial charge in [-0.05, 0) is 59.4 Å². The fourth-order valence-electron chi connectivity index (χ4n) is 5.43. The molecule has 1 aliphatic carbocycles. The number of nitrogens with two attached hydrogens (primary N) is 2. The molecule has 216 valence electrons. The number of amidine groups is 1. The molecule has 0 bridgehead atoms. The maximum absolute atomic E-state index is 11.5. The first-order chi connectivity index (χ1) is 17.2. The molecule has 0 spiro atoms. The highest BCUT2D eigenvalue weighted by molar-refractivity contribution is 5.88. The van der Waals surface area contributed by atoms with Crippen molar-refractivity contribution in [1.29, 1.82) is 0 Å². The summed E-state index contributed by atoms with van der Waals surface area (Å²) in [5.41, 5.74) is 9.67. The summed E-state index contributed by atoms with van der Waals surface area (Å²) in [6.45, 7) is 8.48. The molecule has 3 rings (SSSR count). The molecule has 1 saturated carbocycles. The summed E-state index contributed by atoms with van der Waals surface area (Å²) in [4.78, 5) is 4.52. The van der Waals surface area contributed by atoms with Crippen LogP contribution in [0.2, 0.25) is 0 Å². The predicted octanol–water partition coefficient (Wildman–Crippen LogP) is -1.05. The molecule has 2 aliphatic heterocycles. The molecule has 12 atom stereocenters. The average molecular weight is 533 g/mol. The molecule has 0 aromatic heterocycles. The minimum absolute atomic E-state index is 0.00515. The van der Waals surface area contributed by atoms with Crippen molar-refractivity contribution in [2.75, 3.05) is 13.7 Å². The maximum Gasteiger partial charge on any atom is 0.185 e. The van der Waals surface area contributed by atoms with Crippen LogP contribution in [0.1, 0.15) is 60.3 Å². The van der Waals surface area contributed by atoms with Gasteiger partial charge in [0.15, 0.2) is 12.6 Å². The van der Waals surface area contributed by atoms with Crippen LogP contribution in [0.25, 0.3) is 0 Å². The molecule has 12 nitrogen and oxygen atoms in total. The second-order valence-corrected chi connectivity index (χ2v) is 11.6. The Kier molecular flexibility index (Phi) is 9.99. The van der Waals surface area contributed by atoms with Gasteiger partial charge in [0.05, 0.1) is 36.9 Å². The molecular weight excluding hydrogens is 484 g/mol. The lowest BCUT2D eigenvalue weighted by molar-refractivity contribution is -0.309. The fraction of sp³-hybridized carbons (Fsp3) is 0.960. The van der Waals surface area contributed by atoms with E-state index in [-0.39, 0.29) is 30.5 Å². The first kappa shape index (κ1) is 30.6. The third-order valence-electron chi connectivity index (χ3n) is 7.84. The largest absolute Gasteiger partial charge is 0.388 e. The SMILES string of the molecule is CC[C@@H]1CCC(N)[C@@H](OC2C(O)C(O[C@H]3OCC(C)(O)[C@H](NC)C3O)[C@H](N=C(N)C(C)(C)O)C[C@@H]2C)O1. The Balaban J connectivity index is 1.86. The molecule has 3 aliphatic rings. The number of likely N-dealkylation sites (N-methyl/N-ethyl adjacent to an activating group) is 1. The topological polar surface area (TPSA) is 194 Å². The molecule has 0 aromatic carbocycles. The number of hydrogen-bond acceptors (Lipinski definition) is 11. The Hall–Kier alpha value is -0.930. The van der Waals surface area contributed by atoms with Crippen LogP contribution < -0.4 is 16.8 Å². The van der Waals surface area contributed by atoms with E-state index < -0.39 is 60.3 Å². The van der Waals surface area contributed by atoms with Gasteiger partial charge in [-0.25, -0.2) is 0 Å². The monoisotopic (exact) mass is 532 g/mol. The zero-order valence-corrected chi connectivity index (χ0v) is 22.9. The minimum atomic E-state index is -1.37. The zero-order valence-electron chi connectivity index (χ0n) is 22.9. The van der Waals surface area contributed by atoms with E-state index in [9.17, 15) is 20.4 Å². The number of hydrogen-bond donors (Lipinski definition) is 7. The van der Waals surface area contributed by atoms with Crippen molar-refractivity contribution < 1.29 is 39.4 Å². The average Bonchev–Trinajstić information content (AvgIpc) is 2.81. The van der Waals surface area contributed by atoms with Gasteiger partial charge in [0.1, 0.15) is 35.3 Å². The van der Waals surface area contributed by atoms with Crippen molar-refractivity contribution in [1.82, 2.24) is 5.32 Å². The standard InChI is InChI=1S/C25H48N4O8/c1-7-13-8-9-14(26)21(35-13)36-18-12(2)10-15(29-23(27)24(3,4)32)19(16(18)30)37-22-17(31)20(28-6)25(5,33)11-34-22/h12-22,28,30-33H,7-11,26H2,1-6H3,(H2,27,29)/t12-,13+,14?,15+,16?,17?,18?,19?,20+,21+,22+,25?/m0/s1. The van der Waals surface area contributed by atoms with Crippen molar-refractivity contribution in [2.45, 2.75) is 133 Å². The molecule has 0 aromatic rings. The van der Waals surface area contributed by atoms with E-state index in [1.807, 2.05) is 13.8 Å². The number of nitrogens with zero attached hydrogens (tertiary/aromatic N) is 1. The molecule has 9 N–H and O–H groups in total. The van der Waals surface area contributed by atoms with Crippen molar-refractivity contribution >= 4 is 5.84 Å². The van der Waals surface area contributed by atoms with E-state index in [0.29, 0.717) is 6.42 Å². The van der Waals surface area contributed by atoms with Gasteiger partial charge < -0.3 is 56.2 Å². The molecule has 3 fully saturated rings. The van der Waals surface area contributed by atoms with Gasteiger partial charge in [0.25, 0.3) is 0 Å². The first-order valence-electron chi connectivity index (χ1n) is 13.3. The van der Waals surface area contributed by atoms with Crippen molar-refractivity contribution in [3.8, 4) is 0 Å². The van der Waals surface area contributed by atoms with Crippen LogP contribution in [-0.4, -0.2) is 112 Å². The summed E-state index contributed by atoms with van der Waals surface area (Å²) < 4.78 is 24.2. The molecule has 0 radical (unpaired) electrons. The van der Waals surface area contributed by atoms with E-state index in [4.69, 9.17) is 30.4 Å². The Morgan fingerprint density at radius 2 is 1.81 bits per heavy atom. The van der Waals surface area contributed by atoms with Crippen molar-refractivity contribution in [3.05, 3.63) is 0 Å². The highest BCUT2D eigenvalue weighted by Gasteiger charge is 2.51. The number of aliphatic hydroxyl groups excluding tert-OH is 2. The van der Waals surface area contributed by atoms with Gasteiger partial charge in [0.2, 0.25) is 0 Å². The summed E-state index contributed by atoms with van der Waals surface area (Å²) in [5, 5.41) is 46.3. The highest BCUT2D eigenvalue weighted by Crippen LogP contribution is 2.36. The molecular formula is C25H48N4O8. The fourth-order valence-corrected chi connectivity index (χ4v) is 5.43. The molecule has 0 amide bonds. The molecule has 37 heavy (non-hydrogen) atoms. The lowest BCUT2D eigenvalue weighted by Crippen LogP contribution is -2.67. The molecule has 12 heteroatoms. The normalized spacial score (nSPS) is 46.1. The Morgan fingerprint density at radius 3 is 2.41 bits per heavy atom. The van der Waals surface area contributed by atoms with E-state index in [1.165, 1.54) is 13.8 Å². The predicted molar refractivity (Wildman–Crippen MR) is 137 cm³/mol. The second-order valence-electron chi connectivity index (χ2n) is 11.6. The lowest BCUT2D eigenvalue weighted by atomic mass is 9.80. The Labute approximate surface area is 219 Å². The number of nitrogens with one attached hydrogen (secondary N) is 1. The summed E-state index contributed by atoms with van der Waals surface area (Å²) in [5.74, 6) is -0.187. The zero-order chi connectivity index (χ0) is 27.7. The van der Waals surface area contributed by atoms with Gasteiger partial charge in [-0.2, -0.15) is 0 Å². The maximum atomic E-state index is 11.5. The van der Waals surface area contributed by atoms with E-state index in [2.05, 4.69) is 10.3 Å². The van der Waals surface area contributed by atoms with Crippen LogP contribution in [-0.2, 0) is 18.9 Å². The van der Waals surface area contributed by atoms with E-state index >= 15 is 0 Å².